The average molecular weight is 217 g/mol. The van der Waals surface area contributed by atoms with Crippen LogP contribution in [0.4, 0.5) is 0 Å². The lowest BCUT2D eigenvalue weighted by Crippen LogP contribution is -2.40. The Kier molecular flexibility index (Phi) is 2.04. The second-order valence-corrected chi connectivity index (χ2v) is 4.68. The van der Waals surface area contributed by atoms with Gasteiger partial charge < -0.3 is 10.1 Å². The van der Waals surface area contributed by atoms with E-state index in [1.165, 1.54) is 5.56 Å². The molecule has 2 heterocycles. The van der Waals surface area contributed by atoms with Crippen LogP contribution in [0.3, 0.4) is 0 Å². The summed E-state index contributed by atoms with van der Waals surface area (Å²) in [4.78, 5) is 11.8. The van der Waals surface area contributed by atoms with Crippen molar-refractivity contribution in [2.45, 2.75) is 25.4 Å². The molecule has 2 aliphatic heterocycles. The quantitative estimate of drug-likeness (QED) is 0.673. The second-order valence-electron chi connectivity index (χ2n) is 4.68. The summed E-state index contributed by atoms with van der Waals surface area (Å²) >= 11 is 0. The third-order valence-electron chi connectivity index (χ3n) is 3.59. The highest BCUT2D eigenvalue weighted by molar-refractivity contribution is 5.94. The standard InChI is InChI=1S/C13H15NO2/c1-9-2-3-10-11(8-9)13(16-12(10)15)4-6-14-7-5-13/h2-3,8,14H,4-7H2,1H3. The molecule has 0 saturated carbocycles. The van der Waals surface area contributed by atoms with E-state index in [1.54, 1.807) is 0 Å². The second kappa shape index (κ2) is 3.32. The van der Waals surface area contributed by atoms with E-state index in [9.17, 15) is 4.79 Å². The molecular formula is C13H15NO2. The predicted octanol–water partition coefficient (Wildman–Crippen LogP) is 1.74. The minimum absolute atomic E-state index is 0.156. The first-order valence-corrected chi connectivity index (χ1v) is 5.76. The van der Waals surface area contributed by atoms with Crippen LogP contribution in [0, 0.1) is 6.92 Å². The Morgan fingerprint density at radius 3 is 2.81 bits per heavy atom. The summed E-state index contributed by atoms with van der Waals surface area (Å²) in [5, 5.41) is 3.30. The fourth-order valence-corrected chi connectivity index (χ4v) is 2.70. The van der Waals surface area contributed by atoms with Gasteiger partial charge >= 0.3 is 5.97 Å². The maximum Gasteiger partial charge on any atom is 0.339 e. The molecule has 1 spiro atoms. The fourth-order valence-electron chi connectivity index (χ4n) is 2.70. The average Bonchev–Trinajstić information content (AvgIpc) is 2.53. The van der Waals surface area contributed by atoms with Gasteiger partial charge in [0.15, 0.2) is 0 Å². The van der Waals surface area contributed by atoms with Crippen molar-refractivity contribution in [3.63, 3.8) is 0 Å². The molecule has 1 N–H and O–H groups in total. The maximum absolute atomic E-state index is 11.8. The lowest BCUT2D eigenvalue weighted by Gasteiger charge is -2.33. The van der Waals surface area contributed by atoms with Gasteiger partial charge in [0.1, 0.15) is 5.60 Å². The highest BCUT2D eigenvalue weighted by Crippen LogP contribution is 2.42. The SMILES string of the molecule is Cc1ccc2c(c1)C1(CCNCC1)OC2=O. The number of hydrogen-bond donors (Lipinski definition) is 1. The van der Waals surface area contributed by atoms with Gasteiger partial charge in [-0.15, -0.1) is 0 Å². The molecular weight excluding hydrogens is 202 g/mol. The van der Waals surface area contributed by atoms with E-state index in [4.69, 9.17) is 4.74 Å². The van der Waals surface area contributed by atoms with Gasteiger partial charge in [-0.3, -0.25) is 0 Å². The van der Waals surface area contributed by atoms with E-state index in [2.05, 4.69) is 18.3 Å². The minimum atomic E-state index is -0.344. The summed E-state index contributed by atoms with van der Waals surface area (Å²) in [6.07, 6.45) is 1.77. The van der Waals surface area contributed by atoms with Crippen molar-refractivity contribution in [3.8, 4) is 0 Å². The van der Waals surface area contributed by atoms with Crippen LogP contribution >= 0.6 is 0 Å². The monoisotopic (exact) mass is 217 g/mol. The van der Waals surface area contributed by atoms with Crippen molar-refractivity contribution in [2.24, 2.45) is 0 Å². The van der Waals surface area contributed by atoms with Gasteiger partial charge in [0.05, 0.1) is 5.56 Å². The first kappa shape index (κ1) is 9.85. The highest BCUT2D eigenvalue weighted by atomic mass is 16.6. The van der Waals surface area contributed by atoms with Crippen molar-refractivity contribution >= 4 is 5.97 Å². The number of aryl methyl sites for hydroxylation is 1. The lowest BCUT2D eigenvalue weighted by molar-refractivity contribution is -0.0242. The molecule has 0 aromatic heterocycles. The van der Waals surface area contributed by atoms with Gasteiger partial charge in [0, 0.05) is 18.4 Å². The van der Waals surface area contributed by atoms with Crippen LogP contribution in [0.25, 0.3) is 0 Å². The van der Waals surface area contributed by atoms with E-state index in [1.807, 2.05) is 12.1 Å². The summed E-state index contributed by atoms with van der Waals surface area (Å²) in [5.74, 6) is -0.156. The van der Waals surface area contributed by atoms with Crippen LogP contribution in [0.5, 0.6) is 0 Å². The molecule has 1 aromatic carbocycles. The van der Waals surface area contributed by atoms with E-state index >= 15 is 0 Å². The van der Waals surface area contributed by atoms with Crippen LogP contribution < -0.4 is 5.32 Å². The predicted molar refractivity (Wildman–Crippen MR) is 60.4 cm³/mol. The third kappa shape index (κ3) is 1.28. The molecule has 0 bridgehead atoms. The van der Waals surface area contributed by atoms with Crippen LogP contribution in [0.1, 0.15) is 34.3 Å². The van der Waals surface area contributed by atoms with Crippen molar-refractivity contribution in [2.75, 3.05) is 13.1 Å². The van der Waals surface area contributed by atoms with Crippen molar-refractivity contribution < 1.29 is 9.53 Å². The summed E-state index contributed by atoms with van der Waals surface area (Å²) in [6.45, 7) is 3.89. The Labute approximate surface area is 94.8 Å². The first-order valence-electron chi connectivity index (χ1n) is 5.76. The highest BCUT2D eigenvalue weighted by Gasteiger charge is 2.45. The molecule has 84 valence electrons. The summed E-state index contributed by atoms with van der Waals surface area (Å²) < 4.78 is 5.64. The van der Waals surface area contributed by atoms with Gasteiger partial charge in [-0.05, 0) is 26.1 Å². The molecule has 3 rings (SSSR count). The molecule has 0 aliphatic carbocycles. The van der Waals surface area contributed by atoms with Crippen molar-refractivity contribution in [3.05, 3.63) is 34.9 Å². The molecule has 0 unspecified atom stereocenters. The summed E-state index contributed by atoms with van der Waals surface area (Å²) in [5.41, 5.74) is 2.70. The molecule has 0 atom stereocenters. The molecule has 16 heavy (non-hydrogen) atoms. The number of carbonyl (C=O) groups excluding carboxylic acids is 1. The van der Waals surface area contributed by atoms with Gasteiger partial charge in [0.25, 0.3) is 0 Å². The molecule has 1 fully saturated rings. The Morgan fingerprint density at radius 2 is 2.06 bits per heavy atom. The van der Waals surface area contributed by atoms with Crippen LogP contribution in [-0.4, -0.2) is 19.1 Å². The van der Waals surface area contributed by atoms with Gasteiger partial charge in [-0.1, -0.05) is 17.7 Å². The Morgan fingerprint density at radius 1 is 1.31 bits per heavy atom. The summed E-state index contributed by atoms with van der Waals surface area (Å²) in [6, 6.07) is 5.97. The normalized spacial score (nSPS) is 21.9. The third-order valence-corrected chi connectivity index (χ3v) is 3.59. The summed E-state index contributed by atoms with van der Waals surface area (Å²) in [7, 11) is 0. The Balaban J connectivity index is 2.12. The number of carbonyl (C=O) groups is 1. The first-order chi connectivity index (χ1) is 7.71. The molecule has 1 aromatic rings. The number of fused-ring (bicyclic) bond motifs is 2. The maximum atomic E-state index is 11.8. The van der Waals surface area contributed by atoms with Crippen LogP contribution in [0.2, 0.25) is 0 Å². The van der Waals surface area contributed by atoms with Crippen molar-refractivity contribution in [1.29, 1.82) is 0 Å². The van der Waals surface area contributed by atoms with Crippen LogP contribution in [-0.2, 0) is 10.3 Å². The zero-order chi connectivity index (χ0) is 11.2. The Bertz CT molecular complexity index is 447. The van der Waals surface area contributed by atoms with Gasteiger partial charge in [0.2, 0.25) is 0 Å². The molecule has 3 nitrogen and oxygen atoms in total. The number of rotatable bonds is 0. The largest absolute Gasteiger partial charge is 0.450 e. The van der Waals surface area contributed by atoms with E-state index in [0.29, 0.717) is 0 Å². The number of esters is 1. The number of nitrogens with one attached hydrogen (secondary N) is 1. The van der Waals surface area contributed by atoms with Crippen LogP contribution in [0.15, 0.2) is 18.2 Å². The van der Waals surface area contributed by atoms with E-state index < -0.39 is 0 Å². The zero-order valence-corrected chi connectivity index (χ0v) is 9.38. The zero-order valence-electron chi connectivity index (χ0n) is 9.38. The number of piperidine rings is 1. The van der Waals surface area contributed by atoms with Gasteiger partial charge in [-0.25, -0.2) is 4.79 Å². The number of hydrogen-bond acceptors (Lipinski definition) is 3. The molecule has 1 saturated heterocycles. The molecule has 0 amide bonds. The molecule has 0 radical (unpaired) electrons. The van der Waals surface area contributed by atoms with Crippen molar-refractivity contribution in [1.82, 2.24) is 5.32 Å². The minimum Gasteiger partial charge on any atom is -0.450 e. The lowest BCUT2D eigenvalue weighted by atomic mass is 9.84. The smallest absolute Gasteiger partial charge is 0.339 e. The molecule has 2 aliphatic rings. The number of ether oxygens (including phenoxy) is 1. The van der Waals surface area contributed by atoms with Gasteiger partial charge in [-0.2, -0.15) is 0 Å². The van der Waals surface area contributed by atoms with E-state index in [-0.39, 0.29) is 11.6 Å². The number of benzene rings is 1. The van der Waals surface area contributed by atoms with E-state index in [0.717, 1.165) is 37.1 Å². The Hall–Kier alpha value is -1.35. The fraction of sp³-hybridized carbons (Fsp3) is 0.462. The topological polar surface area (TPSA) is 38.3 Å². The molecule has 3 heteroatoms.